The first kappa shape index (κ1) is 24.3. The average Bonchev–Trinajstić information content (AvgIpc) is 3.11. The molecule has 1 aromatic heterocycles. The van der Waals surface area contributed by atoms with Crippen molar-refractivity contribution < 1.29 is 9.59 Å². The number of amides is 2. The number of rotatable bonds is 10. The van der Waals surface area contributed by atoms with Crippen LogP contribution in [-0.4, -0.2) is 35.4 Å². The molecule has 30 heavy (non-hydrogen) atoms. The van der Waals surface area contributed by atoms with Crippen molar-refractivity contribution in [1.82, 2.24) is 15.6 Å². The number of benzene rings is 1. The van der Waals surface area contributed by atoms with Crippen molar-refractivity contribution >= 4 is 33.4 Å². The van der Waals surface area contributed by atoms with E-state index in [0.29, 0.717) is 18.9 Å². The van der Waals surface area contributed by atoms with Crippen molar-refractivity contribution in [2.45, 2.75) is 72.4 Å². The summed E-state index contributed by atoms with van der Waals surface area (Å²) in [5.74, 6) is 0.145. The van der Waals surface area contributed by atoms with Crippen LogP contribution in [0, 0.1) is 11.8 Å². The molecular formula is C23H36N4O2S. The largest absolute Gasteiger partial charge is 0.350 e. The van der Waals surface area contributed by atoms with Crippen molar-refractivity contribution in [2.24, 2.45) is 17.6 Å². The molecule has 166 valence electrons. The van der Waals surface area contributed by atoms with E-state index in [9.17, 15) is 9.59 Å². The maximum absolute atomic E-state index is 13.0. The maximum atomic E-state index is 13.0. The van der Waals surface area contributed by atoms with Crippen molar-refractivity contribution in [3.8, 4) is 0 Å². The molecule has 2 amide bonds. The van der Waals surface area contributed by atoms with E-state index in [0.717, 1.165) is 21.6 Å². The Hall–Kier alpha value is -1.99. The number of fused-ring (bicyclic) bond motifs is 1. The van der Waals surface area contributed by atoms with Gasteiger partial charge in [0.15, 0.2) is 0 Å². The second-order valence-electron chi connectivity index (χ2n) is 8.65. The number of thiazole rings is 1. The zero-order chi connectivity index (χ0) is 22.4. The number of nitrogens with one attached hydrogen (secondary N) is 2. The van der Waals surface area contributed by atoms with Gasteiger partial charge in [-0.2, -0.15) is 0 Å². The fourth-order valence-electron chi connectivity index (χ4n) is 3.16. The third kappa shape index (κ3) is 6.25. The summed E-state index contributed by atoms with van der Waals surface area (Å²) in [4.78, 5) is 30.1. The summed E-state index contributed by atoms with van der Waals surface area (Å²) in [6.07, 6.45) is 1.28. The van der Waals surface area contributed by atoms with Crippen molar-refractivity contribution in [1.29, 1.82) is 0 Å². The minimum absolute atomic E-state index is 0.120. The van der Waals surface area contributed by atoms with Gasteiger partial charge in [-0.05, 0) is 29.5 Å². The lowest BCUT2D eigenvalue weighted by Gasteiger charge is -2.26. The molecule has 0 spiro atoms. The lowest BCUT2D eigenvalue weighted by molar-refractivity contribution is -0.131. The minimum atomic E-state index is -0.678. The standard InChI is InChI=1S/C23H36N4O2S/c1-7-15(6)19(12-24)27-23(29)18(26-22(28)14(4)5)11-21-25-17-9-8-16(13(2)3)10-20(17)30-21/h8-10,13-15,18-19H,7,11-12,24H2,1-6H3,(H,26,28)(H,27,29)/t15-,18-,19+/m0/s1. The van der Waals surface area contributed by atoms with Gasteiger partial charge in [0.05, 0.1) is 15.2 Å². The van der Waals surface area contributed by atoms with Gasteiger partial charge in [0.1, 0.15) is 6.04 Å². The fraction of sp³-hybridized carbons (Fsp3) is 0.609. The third-order valence-corrected chi connectivity index (χ3v) is 6.61. The van der Waals surface area contributed by atoms with E-state index < -0.39 is 6.04 Å². The Kier molecular flexibility index (Phi) is 8.79. The molecule has 0 aliphatic heterocycles. The first-order chi connectivity index (χ1) is 14.2. The van der Waals surface area contributed by atoms with Crippen LogP contribution in [0.25, 0.3) is 10.2 Å². The quantitative estimate of drug-likeness (QED) is 0.534. The molecule has 7 heteroatoms. The highest BCUT2D eigenvalue weighted by Gasteiger charge is 2.27. The predicted octanol–water partition coefficient (Wildman–Crippen LogP) is 3.59. The molecule has 0 saturated carbocycles. The lowest BCUT2D eigenvalue weighted by atomic mass is 9.98. The molecule has 1 heterocycles. The summed E-state index contributed by atoms with van der Waals surface area (Å²) >= 11 is 1.58. The highest BCUT2D eigenvalue weighted by Crippen LogP contribution is 2.27. The van der Waals surface area contributed by atoms with E-state index in [2.05, 4.69) is 50.5 Å². The first-order valence-electron chi connectivity index (χ1n) is 10.9. The van der Waals surface area contributed by atoms with E-state index >= 15 is 0 Å². The summed E-state index contributed by atoms with van der Waals surface area (Å²) in [6.45, 7) is 12.5. The predicted molar refractivity (Wildman–Crippen MR) is 125 cm³/mol. The topological polar surface area (TPSA) is 97.1 Å². The molecule has 0 radical (unpaired) electrons. The fourth-order valence-corrected chi connectivity index (χ4v) is 4.22. The molecule has 4 N–H and O–H groups in total. The number of nitrogens with two attached hydrogens (primary N) is 1. The number of hydrogen-bond acceptors (Lipinski definition) is 5. The molecule has 2 rings (SSSR count). The molecule has 2 aromatic rings. The highest BCUT2D eigenvalue weighted by atomic mass is 32.1. The molecule has 0 saturated heterocycles. The first-order valence-corrected chi connectivity index (χ1v) is 11.7. The summed E-state index contributed by atoms with van der Waals surface area (Å²) in [5.41, 5.74) is 8.06. The van der Waals surface area contributed by atoms with Crippen LogP contribution in [0.1, 0.15) is 64.5 Å². The van der Waals surface area contributed by atoms with Gasteiger partial charge in [-0.1, -0.05) is 54.0 Å². The lowest BCUT2D eigenvalue weighted by Crippen LogP contribution is -2.54. The van der Waals surface area contributed by atoms with Gasteiger partial charge >= 0.3 is 0 Å². The summed E-state index contributed by atoms with van der Waals surface area (Å²) in [6, 6.07) is 5.49. The zero-order valence-corrected chi connectivity index (χ0v) is 19.8. The highest BCUT2D eigenvalue weighted by molar-refractivity contribution is 7.18. The maximum Gasteiger partial charge on any atom is 0.243 e. The van der Waals surface area contributed by atoms with E-state index in [1.54, 1.807) is 11.3 Å². The van der Waals surface area contributed by atoms with E-state index in [4.69, 9.17) is 10.7 Å². The third-order valence-electron chi connectivity index (χ3n) is 5.57. The molecule has 0 bridgehead atoms. The van der Waals surface area contributed by atoms with Crippen LogP contribution in [0.3, 0.4) is 0 Å². The summed E-state index contributed by atoms with van der Waals surface area (Å²) < 4.78 is 1.10. The van der Waals surface area contributed by atoms with Gasteiger partial charge in [0.25, 0.3) is 0 Å². The van der Waals surface area contributed by atoms with Crippen LogP contribution < -0.4 is 16.4 Å². The van der Waals surface area contributed by atoms with Crippen LogP contribution in [0.4, 0.5) is 0 Å². The van der Waals surface area contributed by atoms with E-state index in [-0.39, 0.29) is 29.7 Å². The smallest absolute Gasteiger partial charge is 0.243 e. The summed E-state index contributed by atoms with van der Waals surface area (Å²) in [7, 11) is 0. The zero-order valence-electron chi connectivity index (χ0n) is 19.0. The van der Waals surface area contributed by atoms with Crippen LogP contribution in [0.15, 0.2) is 18.2 Å². The Labute approximate surface area is 184 Å². The van der Waals surface area contributed by atoms with E-state index in [1.807, 2.05) is 19.9 Å². The van der Waals surface area contributed by atoms with Gasteiger partial charge in [-0.25, -0.2) is 4.98 Å². The molecule has 3 atom stereocenters. The Balaban J connectivity index is 2.25. The van der Waals surface area contributed by atoms with Crippen LogP contribution in [0.5, 0.6) is 0 Å². The number of aromatic nitrogens is 1. The van der Waals surface area contributed by atoms with Crippen molar-refractivity contribution in [2.75, 3.05) is 6.54 Å². The van der Waals surface area contributed by atoms with Gasteiger partial charge in [-0.3, -0.25) is 9.59 Å². The second kappa shape index (κ2) is 10.9. The molecule has 0 fully saturated rings. The number of hydrogen-bond donors (Lipinski definition) is 3. The number of carbonyl (C=O) groups excluding carboxylic acids is 2. The number of carbonyl (C=O) groups is 2. The Morgan fingerprint density at radius 1 is 1.10 bits per heavy atom. The van der Waals surface area contributed by atoms with Gasteiger partial charge in [-0.15, -0.1) is 11.3 Å². The van der Waals surface area contributed by atoms with Crippen molar-refractivity contribution in [3.05, 3.63) is 28.8 Å². The number of nitrogens with zero attached hydrogens (tertiary/aromatic N) is 1. The van der Waals surface area contributed by atoms with Crippen LogP contribution >= 0.6 is 11.3 Å². The minimum Gasteiger partial charge on any atom is -0.350 e. The monoisotopic (exact) mass is 432 g/mol. The van der Waals surface area contributed by atoms with Crippen molar-refractivity contribution in [3.63, 3.8) is 0 Å². The molecule has 0 unspecified atom stereocenters. The summed E-state index contributed by atoms with van der Waals surface area (Å²) in [5, 5.41) is 6.77. The van der Waals surface area contributed by atoms with Crippen LogP contribution in [0.2, 0.25) is 0 Å². The normalized spacial score (nSPS) is 14.7. The SMILES string of the molecule is CC[C@H](C)[C@@H](CN)NC(=O)[C@H](Cc1nc2ccc(C(C)C)cc2s1)NC(=O)C(C)C. The Bertz CT molecular complexity index is 862. The Morgan fingerprint density at radius 3 is 2.37 bits per heavy atom. The molecule has 6 nitrogen and oxygen atoms in total. The Morgan fingerprint density at radius 2 is 1.80 bits per heavy atom. The van der Waals surface area contributed by atoms with Gasteiger partial charge < -0.3 is 16.4 Å². The van der Waals surface area contributed by atoms with Gasteiger partial charge in [0.2, 0.25) is 11.8 Å². The molecular weight excluding hydrogens is 396 g/mol. The second-order valence-corrected chi connectivity index (χ2v) is 9.76. The average molecular weight is 433 g/mol. The molecule has 0 aliphatic rings. The molecule has 0 aliphatic carbocycles. The molecule has 1 aromatic carbocycles. The van der Waals surface area contributed by atoms with Crippen LogP contribution in [-0.2, 0) is 16.0 Å². The van der Waals surface area contributed by atoms with Gasteiger partial charge in [0, 0.05) is 24.9 Å². The van der Waals surface area contributed by atoms with E-state index in [1.165, 1.54) is 5.56 Å².